The molecule has 0 aliphatic carbocycles. The summed E-state index contributed by atoms with van der Waals surface area (Å²) in [5, 5.41) is 29.1. The van der Waals surface area contributed by atoms with Crippen molar-refractivity contribution in [3.8, 4) is 29.8 Å². The second kappa shape index (κ2) is 8.49. The molecule has 0 atom stereocenters. The van der Waals surface area contributed by atoms with Crippen LogP contribution in [0.2, 0.25) is 10.0 Å². The molecule has 0 bridgehead atoms. The third kappa shape index (κ3) is 4.83. The summed E-state index contributed by atoms with van der Waals surface area (Å²) in [4.78, 5) is 3.55. The van der Waals surface area contributed by atoms with Gasteiger partial charge in [0.15, 0.2) is 11.3 Å². The molecule has 140 valence electrons. The number of ether oxygens (including phenoxy) is 1. The molecule has 0 radical (unpaired) electrons. The van der Waals surface area contributed by atoms with Gasteiger partial charge in [0.2, 0.25) is 5.88 Å². The van der Waals surface area contributed by atoms with E-state index in [0.717, 1.165) is 12.1 Å². The number of nitriles is 3. The molecule has 2 rings (SSSR count). The highest BCUT2D eigenvalue weighted by Gasteiger charge is 2.30. The fraction of sp³-hybridized carbons (Fsp3) is 0.0588. The lowest BCUT2D eigenvalue weighted by Gasteiger charge is -2.12. The Bertz CT molecular complexity index is 1020. The van der Waals surface area contributed by atoms with E-state index in [1.54, 1.807) is 18.2 Å². The molecule has 1 aromatic carbocycles. The summed E-state index contributed by atoms with van der Waals surface area (Å²) in [6.45, 7) is 0. The van der Waals surface area contributed by atoms with Crippen LogP contribution in [0.1, 0.15) is 5.56 Å². The SMILES string of the molecule is N#CC(C#N)=C(C#N)Nc1cc(Cl)c(Oc2ccc(C(F)(F)F)cn2)c(Cl)c1. The molecule has 28 heavy (non-hydrogen) atoms. The van der Waals surface area contributed by atoms with E-state index in [1.165, 1.54) is 12.1 Å². The van der Waals surface area contributed by atoms with Crippen LogP contribution in [0.4, 0.5) is 18.9 Å². The lowest BCUT2D eigenvalue weighted by atomic mass is 10.2. The van der Waals surface area contributed by atoms with Crippen molar-refractivity contribution in [1.82, 2.24) is 4.98 Å². The number of halogens is 5. The fourth-order valence-electron chi connectivity index (χ4n) is 1.87. The number of hydrogen-bond acceptors (Lipinski definition) is 6. The smallest absolute Gasteiger partial charge is 0.417 e. The topological polar surface area (TPSA) is 106 Å². The predicted molar refractivity (Wildman–Crippen MR) is 93.3 cm³/mol. The zero-order chi connectivity index (χ0) is 20.9. The molecular formula is C17H6Cl2F3N5O. The number of alkyl halides is 3. The van der Waals surface area contributed by atoms with E-state index in [-0.39, 0.29) is 33.1 Å². The van der Waals surface area contributed by atoms with E-state index < -0.39 is 17.3 Å². The van der Waals surface area contributed by atoms with E-state index in [9.17, 15) is 13.2 Å². The highest BCUT2D eigenvalue weighted by atomic mass is 35.5. The van der Waals surface area contributed by atoms with Gasteiger partial charge in [-0.05, 0) is 18.2 Å². The van der Waals surface area contributed by atoms with Crippen molar-refractivity contribution in [3.63, 3.8) is 0 Å². The van der Waals surface area contributed by atoms with Crippen LogP contribution in [0.15, 0.2) is 41.7 Å². The zero-order valence-electron chi connectivity index (χ0n) is 13.5. The summed E-state index contributed by atoms with van der Waals surface area (Å²) in [5.74, 6) is -0.254. The average molecular weight is 424 g/mol. The van der Waals surface area contributed by atoms with Crippen LogP contribution in [0.25, 0.3) is 0 Å². The highest BCUT2D eigenvalue weighted by Crippen LogP contribution is 2.39. The number of nitrogens with zero attached hydrogens (tertiary/aromatic N) is 4. The first-order chi connectivity index (χ1) is 13.2. The van der Waals surface area contributed by atoms with E-state index in [1.807, 2.05) is 0 Å². The molecule has 0 amide bonds. The Kier molecular flexibility index (Phi) is 6.33. The molecule has 1 N–H and O–H groups in total. The summed E-state index contributed by atoms with van der Waals surface area (Å²) in [6.07, 6.45) is -3.94. The van der Waals surface area contributed by atoms with Crippen LogP contribution < -0.4 is 10.1 Å². The molecule has 0 spiro atoms. The Morgan fingerprint density at radius 2 is 1.64 bits per heavy atom. The Labute approximate surface area is 166 Å². The van der Waals surface area contributed by atoms with Crippen molar-refractivity contribution in [3.05, 3.63) is 57.3 Å². The largest absolute Gasteiger partial charge is 0.436 e. The van der Waals surface area contributed by atoms with Crippen molar-refractivity contribution in [2.45, 2.75) is 6.18 Å². The van der Waals surface area contributed by atoms with Crippen molar-refractivity contribution < 1.29 is 17.9 Å². The number of benzene rings is 1. The van der Waals surface area contributed by atoms with Crippen LogP contribution in [0, 0.1) is 34.0 Å². The van der Waals surface area contributed by atoms with Crippen LogP contribution in [-0.2, 0) is 6.18 Å². The molecule has 0 aliphatic rings. The van der Waals surface area contributed by atoms with Gasteiger partial charge in [-0.15, -0.1) is 0 Å². The molecule has 11 heteroatoms. The Morgan fingerprint density at radius 1 is 1.04 bits per heavy atom. The molecule has 1 heterocycles. The van der Waals surface area contributed by atoms with Crippen LogP contribution in [0.3, 0.4) is 0 Å². The number of hydrogen-bond donors (Lipinski definition) is 1. The molecule has 0 fully saturated rings. The predicted octanol–water partition coefficient (Wildman–Crippen LogP) is 5.44. The second-order valence-corrected chi connectivity index (χ2v) is 5.78. The lowest BCUT2D eigenvalue weighted by Crippen LogP contribution is -2.05. The van der Waals surface area contributed by atoms with Crippen molar-refractivity contribution in [1.29, 1.82) is 15.8 Å². The van der Waals surface area contributed by atoms with E-state index in [4.69, 9.17) is 43.7 Å². The molecule has 0 saturated carbocycles. The fourth-order valence-corrected chi connectivity index (χ4v) is 2.43. The maximum atomic E-state index is 12.6. The molecule has 0 saturated heterocycles. The molecular weight excluding hydrogens is 418 g/mol. The number of nitrogens with one attached hydrogen (secondary N) is 1. The second-order valence-electron chi connectivity index (χ2n) is 4.96. The van der Waals surface area contributed by atoms with Crippen LogP contribution in [0.5, 0.6) is 11.6 Å². The first kappa shape index (κ1) is 20.9. The zero-order valence-corrected chi connectivity index (χ0v) is 15.0. The van der Waals surface area contributed by atoms with Crippen molar-refractivity contribution >= 4 is 28.9 Å². The van der Waals surface area contributed by atoms with Gasteiger partial charge in [0.1, 0.15) is 23.9 Å². The summed E-state index contributed by atoms with van der Waals surface area (Å²) in [7, 11) is 0. The third-order valence-corrected chi connectivity index (χ3v) is 3.68. The molecule has 2 aromatic rings. The van der Waals surface area contributed by atoms with Crippen LogP contribution in [-0.4, -0.2) is 4.98 Å². The van der Waals surface area contributed by atoms with Gasteiger partial charge in [-0.2, -0.15) is 29.0 Å². The molecule has 1 aromatic heterocycles. The highest BCUT2D eigenvalue weighted by molar-refractivity contribution is 6.37. The standard InChI is InChI=1S/C17H6Cl2F3N5O/c18-12-3-11(27-14(7-25)9(5-23)6-24)4-13(19)16(12)28-15-2-1-10(8-26-15)17(20,21)22/h1-4,8,27H. The number of anilines is 1. The van der Waals surface area contributed by atoms with Crippen molar-refractivity contribution in [2.24, 2.45) is 0 Å². The minimum absolute atomic E-state index is 0.0514. The van der Waals surface area contributed by atoms with Crippen LogP contribution >= 0.6 is 23.2 Å². The maximum Gasteiger partial charge on any atom is 0.417 e. The Hall–Kier alpha value is -3.45. The Balaban J connectivity index is 2.30. The minimum atomic E-state index is -4.54. The van der Waals surface area contributed by atoms with Gasteiger partial charge >= 0.3 is 6.18 Å². The molecule has 0 unspecified atom stereocenters. The van der Waals surface area contributed by atoms with Gasteiger partial charge in [0.05, 0.1) is 15.6 Å². The summed E-state index contributed by atoms with van der Waals surface area (Å²) in [5.41, 5.74) is -1.51. The Morgan fingerprint density at radius 3 is 2.07 bits per heavy atom. The third-order valence-electron chi connectivity index (χ3n) is 3.12. The quantitative estimate of drug-likeness (QED) is 0.656. The van der Waals surface area contributed by atoms with Gasteiger partial charge < -0.3 is 10.1 Å². The normalized spacial score (nSPS) is 10.2. The summed E-state index contributed by atoms with van der Waals surface area (Å²) in [6, 6.07) is 9.17. The molecule has 6 nitrogen and oxygen atoms in total. The summed E-state index contributed by atoms with van der Waals surface area (Å²) >= 11 is 12.2. The van der Waals surface area contributed by atoms with E-state index in [0.29, 0.717) is 6.20 Å². The van der Waals surface area contributed by atoms with Gasteiger partial charge in [0, 0.05) is 18.0 Å². The summed E-state index contributed by atoms with van der Waals surface area (Å²) < 4.78 is 43.0. The lowest BCUT2D eigenvalue weighted by molar-refractivity contribution is -0.137. The van der Waals surface area contributed by atoms with Gasteiger partial charge in [-0.3, -0.25) is 0 Å². The number of pyridine rings is 1. The van der Waals surface area contributed by atoms with E-state index >= 15 is 0 Å². The molecule has 0 aliphatic heterocycles. The minimum Gasteiger partial charge on any atom is -0.436 e. The first-order valence-electron chi connectivity index (χ1n) is 7.11. The monoisotopic (exact) mass is 423 g/mol. The van der Waals surface area contributed by atoms with E-state index in [2.05, 4.69) is 10.3 Å². The van der Waals surface area contributed by atoms with Gasteiger partial charge in [0.25, 0.3) is 0 Å². The van der Waals surface area contributed by atoms with Crippen molar-refractivity contribution in [2.75, 3.05) is 5.32 Å². The first-order valence-corrected chi connectivity index (χ1v) is 7.87. The average Bonchev–Trinajstić information content (AvgIpc) is 2.64. The number of allylic oxidation sites excluding steroid dienone is 2. The number of aromatic nitrogens is 1. The van der Waals surface area contributed by atoms with Gasteiger partial charge in [-0.25, -0.2) is 4.98 Å². The number of rotatable bonds is 4. The van der Waals surface area contributed by atoms with Gasteiger partial charge in [-0.1, -0.05) is 23.2 Å². The maximum absolute atomic E-state index is 12.6.